The van der Waals surface area contributed by atoms with Crippen LogP contribution in [0.25, 0.3) is 0 Å². The fourth-order valence-electron chi connectivity index (χ4n) is 3.04. The predicted octanol–water partition coefficient (Wildman–Crippen LogP) is 3.31. The Morgan fingerprint density at radius 2 is 0.964 bits per heavy atom. The van der Waals surface area contributed by atoms with Gasteiger partial charge in [0.1, 0.15) is 0 Å². The Hall–Kier alpha value is 1.02. The zero-order valence-electron chi connectivity index (χ0n) is 15.7. The monoisotopic (exact) mass is 453 g/mol. The van der Waals surface area contributed by atoms with Gasteiger partial charge in [0.05, 0.1) is 6.10 Å². The van der Waals surface area contributed by atoms with Crippen LogP contribution in [0.2, 0.25) is 6.82 Å². The van der Waals surface area contributed by atoms with Gasteiger partial charge in [-0.3, -0.25) is 0 Å². The van der Waals surface area contributed by atoms with Crippen molar-refractivity contribution in [2.45, 2.75) is 19.0 Å². The van der Waals surface area contributed by atoms with Gasteiger partial charge in [0.2, 0.25) is 0 Å². The van der Waals surface area contributed by atoms with E-state index in [1.807, 2.05) is 64.2 Å². The Balaban J connectivity index is 0.000000271. The first kappa shape index (κ1) is 27.1. The van der Waals surface area contributed by atoms with Gasteiger partial charge in [0.15, 0.2) is 0 Å². The van der Waals surface area contributed by atoms with E-state index in [1.54, 1.807) is 0 Å². The Labute approximate surface area is 196 Å². The van der Waals surface area contributed by atoms with Crippen molar-refractivity contribution >= 4 is 7.05 Å². The summed E-state index contributed by atoms with van der Waals surface area (Å²) >= 11 is 0. The van der Waals surface area contributed by atoms with Crippen LogP contribution in [0.3, 0.4) is 0 Å². The molecule has 1 heterocycles. The summed E-state index contributed by atoms with van der Waals surface area (Å²) in [6.07, 6.45) is 36.9. The first-order valence-corrected chi connectivity index (χ1v) is 9.02. The third kappa shape index (κ3) is 9.03. The molecule has 0 aromatic heterocycles. The summed E-state index contributed by atoms with van der Waals surface area (Å²) < 4.78 is 5.93. The summed E-state index contributed by atoms with van der Waals surface area (Å²) in [6.45, 7) is 2.05. The maximum absolute atomic E-state index is 5.93. The van der Waals surface area contributed by atoms with Crippen LogP contribution in [0.1, 0.15) is 0 Å². The molecule has 0 aromatic carbocycles. The fraction of sp³-hybridized carbons (Fsp3) is 0.130. The molecule has 2 nitrogen and oxygen atoms in total. The number of hydrogen-bond acceptors (Lipinski definition) is 2. The molecular formula is C23H24BFe2NO+4. The summed E-state index contributed by atoms with van der Waals surface area (Å²) in [7, 11) is 0.111. The van der Waals surface area contributed by atoms with Gasteiger partial charge < -0.3 is 9.88 Å². The minimum atomic E-state index is 0. The van der Waals surface area contributed by atoms with Gasteiger partial charge in [-0.1, -0.05) is 0 Å². The largest absolute Gasteiger partial charge is 2.00 e. The van der Waals surface area contributed by atoms with Crippen molar-refractivity contribution in [1.82, 2.24) is 5.23 Å². The molecule has 1 aliphatic heterocycles. The fourth-order valence-corrected chi connectivity index (χ4v) is 3.04. The molecule has 0 bridgehead atoms. The quantitative estimate of drug-likeness (QED) is 0.649. The molecule has 0 unspecified atom stereocenters. The number of rotatable bonds is 2. The van der Waals surface area contributed by atoms with Crippen molar-refractivity contribution in [2.24, 2.45) is 0 Å². The van der Waals surface area contributed by atoms with Crippen LogP contribution >= 0.6 is 0 Å². The second kappa shape index (κ2) is 15.8. The van der Waals surface area contributed by atoms with Gasteiger partial charge in [-0.15, -0.1) is 0 Å². The molecule has 5 fully saturated rings. The molecule has 4 saturated carbocycles. The van der Waals surface area contributed by atoms with Crippen LogP contribution in [0.15, 0.2) is 0 Å². The van der Waals surface area contributed by atoms with E-state index in [9.17, 15) is 0 Å². The maximum Gasteiger partial charge on any atom is 2.00 e. The average molecular weight is 453 g/mol. The second-order valence-electron chi connectivity index (χ2n) is 6.20. The molecule has 0 amide bonds. The zero-order chi connectivity index (χ0) is 18.0. The van der Waals surface area contributed by atoms with E-state index in [0.717, 1.165) is 0 Å². The Kier molecular flexibility index (Phi) is 15.2. The third-order valence-corrected chi connectivity index (χ3v) is 4.24. The van der Waals surface area contributed by atoms with Crippen LogP contribution in [-0.2, 0) is 38.8 Å². The van der Waals surface area contributed by atoms with Gasteiger partial charge in [-0.2, -0.15) is 0 Å². The van der Waals surface area contributed by atoms with E-state index in [2.05, 4.69) is 63.4 Å². The van der Waals surface area contributed by atoms with Crippen LogP contribution < -0.4 is 5.23 Å². The Morgan fingerprint density at radius 3 is 1.36 bits per heavy atom. The van der Waals surface area contributed by atoms with Crippen LogP contribution in [-0.4, -0.2) is 19.2 Å². The SMILES string of the molecule is CB1N[C@H]([C]2[CH][CH][CH][CH]2)[C@H]([C]2[CH][CH][CH][CH]2)O1.[CH]1[CH][CH][CH][CH]1.[CH]1[CH][CH][CH][CH]1.[Fe+2].[Fe+2]. The summed E-state index contributed by atoms with van der Waals surface area (Å²) in [5.41, 5.74) is 0. The van der Waals surface area contributed by atoms with Crippen LogP contribution in [0.4, 0.5) is 0 Å². The molecule has 5 rings (SSSR count). The van der Waals surface area contributed by atoms with Crippen molar-refractivity contribution in [2.75, 3.05) is 0 Å². The maximum atomic E-state index is 5.93. The molecule has 1 saturated heterocycles. The summed E-state index contributed by atoms with van der Waals surface area (Å²) in [6, 6.07) is 0.271. The van der Waals surface area contributed by atoms with Crippen molar-refractivity contribution in [3.63, 3.8) is 0 Å². The molecule has 28 heavy (non-hydrogen) atoms. The van der Waals surface area contributed by atoms with Crippen molar-refractivity contribution < 1.29 is 38.8 Å². The molecule has 5 heteroatoms. The normalized spacial score (nSPS) is 30.1. The average Bonchev–Trinajstić information content (AvgIpc) is 3.52. The Morgan fingerprint density at radius 1 is 0.607 bits per heavy atom. The van der Waals surface area contributed by atoms with Gasteiger partial charge >= 0.3 is 41.2 Å². The summed E-state index contributed by atoms with van der Waals surface area (Å²) in [5.74, 6) is 2.55. The molecule has 0 spiro atoms. The van der Waals surface area contributed by atoms with Crippen LogP contribution in [0.5, 0.6) is 0 Å². The van der Waals surface area contributed by atoms with E-state index in [4.69, 9.17) is 4.65 Å². The van der Waals surface area contributed by atoms with Gasteiger partial charge in [-0.05, 0) is 122 Å². The molecule has 5 aliphatic rings. The summed E-state index contributed by atoms with van der Waals surface area (Å²) in [5, 5.41) is 3.47. The van der Waals surface area contributed by atoms with Gasteiger partial charge in [0, 0.05) is 17.9 Å². The van der Waals surface area contributed by atoms with E-state index in [-0.39, 0.29) is 53.3 Å². The standard InChI is InChI=1S/C13H14BNO.2C5H5.2Fe/c1-14-15-12(10-6-2-3-7-10)13(16-14)11-8-4-5-9-11;2*1-2-4-5-3-1;;/h2-9,12-13,15H,1H3;2*1-5H;;/q;;;2*+2/t12-,13+;;;;/m1..../s1. The Bertz CT molecular complexity index is 318. The van der Waals surface area contributed by atoms with E-state index < -0.39 is 0 Å². The number of nitrogens with one attached hydrogen (secondary N) is 1. The van der Waals surface area contributed by atoms with E-state index >= 15 is 0 Å². The molecule has 142 valence electrons. The van der Waals surface area contributed by atoms with E-state index in [0.29, 0.717) is 0 Å². The molecule has 2 atom stereocenters. The van der Waals surface area contributed by atoms with E-state index in [1.165, 1.54) is 11.8 Å². The first-order chi connectivity index (χ1) is 12.8. The van der Waals surface area contributed by atoms with Crippen molar-refractivity contribution in [1.29, 1.82) is 0 Å². The molecule has 20 radical (unpaired) electrons. The second-order valence-corrected chi connectivity index (χ2v) is 6.20. The smallest absolute Gasteiger partial charge is 0.417 e. The summed E-state index contributed by atoms with van der Waals surface area (Å²) in [4.78, 5) is 0. The third-order valence-electron chi connectivity index (χ3n) is 4.24. The predicted molar refractivity (Wildman–Crippen MR) is 107 cm³/mol. The molecule has 4 aliphatic carbocycles. The zero-order valence-corrected chi connectivity index (χ0v) is 17.9. The van der Waals surface area contributed by atoms with Gasteiger partial charge in [-0.25, -0.2) is 0 Å². The molecular weight excluding hydrogens is 429 g/mol. The van der Waals surface area contributed by atoms with Crippen molar-refractivity contribution in [3.8, 4) is 0 Å². The first-order valence-electron chi connectivity index (χ1n) is 9.02. The molecule has 0 aromatic rings. The van der Waals surface area contributed by atoms with Crippen molar-refractivity contribution in [3.05, 3.63) is 127 Å². The minimum Gasteiger partial charge on any atom is -0.417 e. The number of hydrogen-bond donors (Lipinski definition) is 1. The van der Waals surface area contributed by atoms with Gasteiger partial charge in [0.25, 0.3) is 0 Å². The minimum absolute atomic E-state index is 0. The topological polar surface area (TPSA) is 21.3 Å². The molecule has 1 N–H and O–H groups in total. The van der Waals surface area contributed by atoms with Crippen LogP contribution in [0, 0.1) is 127 Å².